The van der Waals surface area contributed by atoms with Crippen LogP contribution in [0, 0.1) is 11.3 Å². The summed E-state index contributed by atoms with van der Waals surface area (Å²) in [6.45, 7) is 1.39. The normalized spacial score (nSPS) is 25.4. The van der Waals surface area contributed by atoms with E-state index in [1.54, 1.807) is 0 Å². The first-order chi connectivity index (χ1) is 11.5. The molecular weight excluding hydrogens is 324 g/mol. The number of rotatable bonds is 6. The monoisotopic (exact) mass is 352 g/mol. The summed E-state index contributed by atoms with van der Waals surface area (Å²) in [6, 6.07) is 4.05. The molecule has 0 bridgehead atoms. The summed E-state index contributed by atoms with van der Waals surface area (Å²) in [5, 5.41) is 3.00. The number of amides is 1. The topological polar surface area (TPSA) is 68.2 Å². The Bertz CT molecular complexity index is 646. The maximum absolute atomic E-state index is 12.5. The van der Waals surface area contributed by atoms with Crippen LogP contribution in [-0.4, -0.2) is 36.9 Å². The van der Waals surface area contributed by atoms with Gasteiger partial charge in [-0.05, 0) is 42.7 Å². The fourth-order valence-electron chi connectivity index (χ4n) is 4.25. The van der Waals surface area contributed by atoms with Crippen molar-refractivity contribution in [1.29, 1.82) is 0 Å². The van der Waals surface area contributed by atoms with Crippen LogP contribution in [0.5, 0.6) is 0 Å². The number of nitrogens with zero attached hydrogens (tertiary/aromatic N) is 1. The molecule has 5 nitrogen and oxygen atoms in total. The maximum atomic E-state index is 12.5. The van der Waals surface area contributed by atoms with E-state index in [0.29, 0.717) is 19.4 Å². The lowest BCUT2D eigenvalue weighted by molar-refractivity contribution is -0.124. The molecule has 1 saturated heterocycles. The van der Waals surface area contributed by atoms with E-state index in [-0.39, 0.29) is 28.7 Å². The quantitative estimate of drug-likeness (QED) is 0.855. The molecule has 1 N–H and O–H groups in total. The molecule has 0 spiro atoms. The van der Waals surface area contributed by atoms with Gasteiger partial charge in [0.1, 0.15) is 0 Å². The average molecular weight is 353 g/mol. The van der Waals surface area contributed by atoms with E-state index < -0.39 is 9.84 Å². The Labute approximate surface area is 144 Å². The van der Waals surface area contributed by atoms with Crippen LogP contribution in [0.2, 0.25) is 0 Å². The number of hydrogen-bond donors (Lipinski definition) is 1. The van der Waals surface area contributed by atoms with Crippen LogP contribution >= 0.6 is 0 Å². The molecule has 134 valence electrons. The second kappa shape index (κ2) is 7.30. The number of hydrogen-bond acceptors (Lipinski definition) is 3. The Morgan fingerprint density at radius 1 is 1.17 bits per heavy atom. The Morgan fingerprint density at radius 2 is 1.88 bits per heavy atom. The minimum absolute atomic E-state index is 0.0447. The van der Waals surface area contributed by atoms with Crippen LogP contribution in [0.3, 0.4) is 0 Å². The summed E-state index contributed by atoms with van der Waals surface area (Å²) in [6.07, 6.45) is 11.2. The van der Waals surface area contributed by atoms with Crippen molar-refractivity contribution in [3.05, 3.63) is 24.5 Å². The van der Waals surface area contributed by atoms with Gasteiger partial charge in [-0.25, -0.2) is 8.42 Å². The molecule has 1 aromatic heterocycles. The second-order valence-electron chi connectivity index (χ2n) is 7.67. The molecule has 2 heterocycles. The Hall–Kier alpha value is -1.30. The minimum atomic E-state index is -2.87. The highest BCUT2D eigenvalue weighted by atomic mass is 32.2. The molecule has 24 heavy (non-hydrogen) atoms. The minimum Gasteiger partial charge on any atom is -0.356 e. The van der Waals surface area contributed by atoms with Crippen LogP contribution in [0.15, 0.2) is 24.5 Å². The van der Waals surface area contributed by atoms with E-state index in [1.807, 2.05) is 12.1 Å². The molecule has 1 aromatic rings. The lowest BCUT2D eigenvalue weighted by Gasteiger charge is -2.37. The SMILES string of the molecule is O=C(CC1(Cn2cccc2)CCCCC1)NCC1CCS(=O)(=O)C1. The predicted octanol–water partition coefficient (Wildman–Crippen LogP) is 2.38. The van der Waals surface area contributed by atoms with Gasteiger partial charge in [-0.2, -0.15) is 0 Å². The zero-order valence-electron chi connectivity index (χ0n) is 14.2. The van der Waals surface area contributed by atoms with Crippen LogP contribution in [0.4, 0.5) is 0 Å². The zero-order chi connectivity index (χ0) is 17.0. The first-order valence-corrected chi connectivity index (χ1v) is 10.9. The van der Waals surface area contributed by atoms with Gasteiger partial charge in [-0.1, -0.05) is 19.3 Å². The first-order valence-electron chi connectivity index (χ1n) is 9.04. The molecule has 6 heteroatoms. The van der Waals surface area contributed by atoms with Crippen molar-refractivity contribution in [1.82, 2.24) is 9.88 Å². The highest BCUT2D eigenvalue weighted by molar-refractivity contribution is 7.91. The molecule has 2 fully saturated rings. The summed E-state index contributed by atoms with van der Waals surface area (Å²) in [7, 11) is -2.87. The van der Waals surface area contributed by atoms with E-state index in [9.17, 15) is 13.2 Å². The third-order valence-electron chi connectivity index (χ3n) is 5.55. The third kappa shape index (κ3) is 4.62. The van der Waals surface area contributed by atoms with Gasteiger partial charge in [0, 0.05) is 31.9 Å². The van der Waals surface area contributed by atoms with Crippen LogP contribution in [-0.2, 0) is 21.2 Å². The van der Waals surface area contributed by atoms with Crippen LogP contribution < -0.4 is 5.32 Å². The van der Waals surface area contributed by atoms with E-state index in [2.05, 4.69) is 22.3 Å². The first kappa shape index (κ1) is 17.5. The van der Waals surface area contributed by atoms with Gasteiger partial charge < -0.3 is 9.88 Å². The molecule has 1 aliphatic carbocycles. The molecule has 2 aliphatic rings. The predicted molar refractivity (Wildman–Crippen MR) is 94.3 cm³/mol. The van der Waals surface area contributed by atoms with Gasteiger partial charge in [0.15, 0.2) is 9.84 Å². The van der Waals surface area contributed by atoms with E-state index in [4.69, 9.17) is 0 Å². The Kier molecular flexibility index (Phi) is 5.33. The lowest BCUT2D eigenvalue weighted by Crippen LogP contribution is -2.38. The summed E-state index contributed by atoms with van der Waals surface area (Å²) in [5.74, 6) is 0.659. The molecule has 1 amide bonds. The van der Waals surface area contributed by atoms with Crippen molar-refractivity contribution in [3.8, 4) is 0 Å². The highest BCUT2D eigenvalue weighted by Gasteiger charge is 2.35. The van der Waals surface area contributed by atoms with Crippen molar-refractivity contribution < 1.29 is 13.2 Å². The summed E-state index contributed by atoms with van der Waals surface area (Å²) < 4.78 is 25.2. The third-order valence-corrected chi connectivity index (χ3v) is 7.39. The molecule has 1 atom stereocenters. The summed E-state index contributed by atoms with van der Waals surface area (Å²) >= 11 is 0. The fourth-order valence-corrected chi connectivity index (χ4v) is 6.11. The number of aromatic nitrogens is 1. The fraction of sp³-hybridized carbons (Fsp3) is 0.722. The Balaban J connectivity index is 1.55. The van der Waals surface area contributed by atoms with Crippen molar-refractivity contribution in [2.24, 2.45) is 11.3 Å². The smallest absolute Gasteiger partial charge is 0.220 e. The maximum Gasteiger partial charge on any atom is 0.220 e. The standard InChI is InChI=1S/C18H28N2O3S/c21-17(19-13-16-6-11-24(22,23)14-16)12-18(7-2-1-3-8-18)15-20-9-4-5-10-20/h4-5,9-10,16H,1-3,6-8,11-15H2,(H,19,21). The molecule has 0 aromatic carbocycles. The summed E-state index contributed by atoms with van der Waals surface area (Å²) in [4.78, 5) is 12.5. The zero-order valence-corrected chi connectivity index (χ0v) is 15.1. The van der Waals surface area contributed by atoms with Gasteiger partial charge in [-0.15, -0.1) is 0 Å². The lowest BCUT2D eigenvalue weighted by atomic mass is 9.71. The highest BCUT2D eigenvalue weighted by Crippen LogP contribution is 2.40. The molecule has 1 aliphatic heterocycles. The molecule has 1 saturated carbocycles. The van der Waals surface area contributed by atoms with Crippen molar-refractivity contribution >= 4 is 15.7 Å². The van der Waals surface area contributed by atoms with Gasteiger partial charge >= 0.3 is 0 Å². The van der Waals surface area contributed by atoms with Gasteiger partial charge in [0.05, 0.1) is 11.5 Å². The van der Waals surface area contributed by atoms with E-state index in [0.717, 1.165) is 19.4 Å². The van der Waals surface area contributed by atoms with Crippen molar-refractivity contribution in [3.63, 3.8) is 0 Å². The Morgan fingerprint density at radius 3 is 2.50 bits per heavy atom. The average Bonchev–Trinajstić information content (AvgIpc) is 3.15. The molecule has 3 rings (SSSR count). The number of nitrogens with one attached hydrogen (secondary N) is 1. The summed E-state index contributed by atoms with van der Waals surface area (Å²) in [5.41, 5.74) is 0.0447. The van der Waals surface area contributed by atoms with Gasteiger partial charge in [0.25, 0.3) is 0 Å². The molecular formula is C18H28N2O3S. The second-order valence-corrected chi connectivity index (χ2v) is 9.89. The molecule has 1 unspecified atom stereocenters. The molecule has 0 radical (unpaired) electrons. The van der Waals surface area contributed by atoms with Crippen molar-refractivity contribution in [2.75, 3.05) is 18.1 Å². The van der Waals surface area contributed by atoms with Crippen molar-refractivity contribution in [2.45, 2.75) is 51.5 Å². The van der Waals surface area contributed by atoms with Crippen LogP contribution in [0.1, 0.15) is 44.9 Å². The van der Waals surface area contributed by atoms with E-state index >= 15 is 0 Å². The number of sulfone groups is 1. The van der Waals surface area contributed by atoms with Gasteiger partial charge in [0.2, 0.25) is 5.91 Å². The van der Waals surface area contributed by atoms with Gasteiger partial charge in [-0.3, -0.25) is 4.79 Å². The van der Waals surface area contributed by atoms with E-state index in [1.165, 1.54) is 19.3 Å². The number of carbonyl (C=O) groups is 1. The van der Waals surface area contributed by atoms with Crippen LogP contribution in [0.25, 0.3) is 0 Å². The number of carbonyl (C=O) groups excluding carboxylic acids is 1. The largest absolute Gasteiger partial charge is 0.356 e.